The second-order valence-corrected chi connectivity index (χ2v) is 3.22. The molecule has 1 atom stereocenters. The van der Waals surface area contributed by atoms with Crippen molar-refractivity contribution in [2.75, 3.05) is 6.54 Å². The normalized spacial score (nSPS) is 11.5. The Morgan fingerprint density at radius 2 is 2.14 bits per heavy atom. The Hall–Kier alpha value is -1.24. The van der Waals surface area contributed by atoms with E-state index in [4.69, 9.17) is 5.26 Å². The molecule has 0 aliphatic heterocycles. The molecule has 80 valence electrons. The number of carbonyl (C=O) groups excluding carboxylic acids is 1. The van der Waals surface area contributed by atoms with E-state index in [1.54, 1.807) is 0 Å². The van der Waals surface area contributed by atoms with Crippen LogP contribution in [0.4, 0.5) is 4.79 Å². The number of nitrogens with one attached hydrogen (secondary N) is 2. The fourth-order valence-corrected chi connectivity index (χ4v) is 1.05. The number of urea groups is 1. The van der Waals surface area contributed by atoms with Gasteiger partial charge in [0.2, 0.25) is 0 Å². The maximum atomic E-state index is 11.2. The zero-order valence-corrected chi connectivity index (χ0v) is 8.97. The molecule has 0 aromatic rings. The van der Waals surface area contributed by atoms with Crippen LogP contribution in [-0.4, -0.2) is 18.6 Å². The first kappa shape index (κ1) is 12.8. The van der Waals surface area contributed by atoms with E-state index < -0.39 is 0 Å². The smallest absolute Gasteiger partial charge is 0.315 e. The molecule has 0 aliphatic carbocycles. The highest BCUT2D eigenvalue weighted by atomic mass is 16.2. The fourth-order valence-electron chi connectivity index (χ4n) is 1.05. The second-order valence-electron chi connectivity index (χ2n) is 3.22. The lowest BCUT2D eigenvalue weighted by Crippen LogP contribution is -2.41. The van der Waals surface area contributed by atoms with Crippen LogP contribution in [0.3, 0.4) is 0 Å². The summed E-state index contributed by atoms with van der Waals surface area (Å²) in [6.07, 6.45) is 3.63. The van der Waals surface area contributed by atoms with E-state index in [0.717, 1.165) is 19.3 Å². The van der Waals surface area contributed by atoms with Crippen molar-refractivity contribution in [2.24, 2.45) is 0 Å². The van der Waals surface area contributed by atoms with Crippen molar-refractivity contribution in [3.63, 3.8) is 0 Å². The van der Waals surface area contributed by atoms with Gasteiger partial charge in [-0.2, -0.15) is 5.26 Å². The molecule has 0 rings (SSSR count). The summed E-state index contributed by atoms with van der Waals surface area (Å²) in [6.45, 7) is 4.72. The van der Waals surface area contributed by atoms with Crippen molar-refractivity contribution in [1.29, 1.82) is 5.26 Å². The average molecular weight is 197 g/mol. The zero-order valence-electron chi connectivity index (χ0n) is 8.97. The first-order valence-electron chi connectivity index (χ1n) is 5.18. The Morgan fingerprint density at radius 3 is 2.64 bits per heavy atom. The number of carbonyl (C=O) groups is 1. The minimum atomic E-state index is -0.360. The lowest BCUT2D eigenvalue weighted by molar-refractivity contribution is 0.238. The van der Waals surface area contributed by atoms with Crippen molar-refractivity contribution in [2.45, 2.75) is 45.6 Å². The lowest BCUT2D eigenvalue weighted by atomic mass is 10.2. The molecule has 0 saturated heterocycles. The number of nitriles is 1. The van der Waals surface area contributed by atoms with E-state index in [0.29, 0.717) is 13.0 Å². The Balaban J connectivity index is 3.63. The van der Waals surface area contributed by atoms with Gasteiger partial charge in [-0.05, 0) is 12.8 Å². The van der Waals surface area contributed by atoms with Gasteiger partial charge in [0.05, 0.1) is 6.07 Å². The molecular formula is C10H19N3O. The van der Waals surface area contributed by atoms with Gasteiger partial charge >= 0.3 is 6.03 Å². The van der Waals surface area contributed by atoms with Gasteiger partial charge in [-0.25, -0.2) is 4.79 Å². The molecular weight excluding hydrogens is 178 g/mol. The third-order valence-electron chi connectivity index (χ3n) is 1.85. The van der Waals surface area contributed by atoms with Gasteiger partial charge in [0.25, 0.3) is 0 Å². The van der Waals surface area contributed by atoms with Crippen molar-refractivity contribution >= 4 is 6.03 Å². The molecule has 0 saturated carbocycles. The molecule has 2 N–H and O–H groups in total. The maximum Gasteiger partial charge on any atom is 0.315 e. The summed E-state index contributed by atoms with van der Waals surface area (Å²) in [5.74, 6) is 0. The number of amides is 2. The molecule has 0 aliphatic rings. The maximum absolute atomic E-state index is 11.2. The van der Waals surface area contributed by atoms with Gasteiger partial charge in [-0.15, -0.1) is 0 Å². The molecule has 1 unspecified atom stereocenters. The van der Waals surface area contributed by atoms with E-state index in [2.05, 4.69) is 23.6 Å². The SMILES string of the molecule is CCCCNC(=O)NC(C#N)CCC. The summed E-state index contributed by atoms with van der Waals surface area (Å²) in [5, 5.41) is 14.0. The molecule has 0 radical (unpaired) electrons. The largest absolute Gasteiger partial charge is 0.338 e. The van der Waals surface area contributed by atoms with Crippen molar-refractivity contribution in [3.05, 3.63) is 0 Å². The first-order chi connectivity index (χ1) is 6.74. The number of rotatable bonds is 6. The van der Waals surface area contributed by atoms with Gasteiger partial charge < -0.3 is 10.6 Å². The van der Waals surface area contributed by atoms with Crippen LogP contribution in [0.5, 0.6) is 0 Å². The van der Waals surface area contributed by atoms with Crippen molar-refractivity contribution in [1.82, 2.24) is 10.6 Å². The summed E-state index contributed by atoms with van der Waals surface area (Å²) < 4.78 is 0. The third kappa shape index (κ3) is 6.30. The molecule has 0 fully saturated rings. The number of hydrogen-bond acceptors (Lipinski definition) is 2. The third-order valence-corrected chi connectivity index (χ3v) is 1.85. The second kappa shape index (κ2) is 8.36. The first-order valence-corrected chi connectivity index (χ1v) is 5.18. The van der Waals surface area contributed by atoms with E-state index in [1.807, 2.05) is 6.92 Å². The van der Waals surface area contributed by atoms with Gasteiger partial charge in [0.15, 0.2) is 0 Å². The molecule has 0 aromatic heterocycles. The van der Waals surface area contributed by atoms with E-state index in [1.165, 1.54) is 0 Å². The lowest BCUT2D eigenvalue weighted by Gasteiger charge is -2.11. The molecule has 0 bridgehead atoms. The number of nitrogens with zero attached hydrogens (tertiary/aromatic N) is 1. The standard InChI is InChI=1S/C10H19N3O/c1-3-5-7-12-10(14)13-9(8-11)6-4-2/h9H,3-7H2,1-2H3,(H2,12,13,14). The van der Waals surface area contributed by atoms with Crippen LogP contribution in [0.25, 0.3) is 0 Å². The number of hydrogen-bond donors (Lipinski definition) is 2. The van der Waals surface area contributed by atoms with Gasteiger partial charge in [-0.1, -0.05) is 26.7 Å². The summed E-state index contributed by atoms with van der Waals surface area (Å²) in [5.41, 5.74) is 0. The predicted octanol–water partition coefficient (Wildman–Crippen LogP) is 1.78. The van der Waals surface area contributed by atoms with Crippen LogP contribution in [0.2, 0.25) is 0 Å². The average Bonchev–Trinajstić information content (AvgIpc) is 2.17. The van der Waals surface area contributed by atoms with Crippen LogP contribution in [-0.2, 0) is 0 Å². The minimum Gasteiger partial charge on any atom is -0.338 e. The highest BCUT2D eigenvalue weighted by Gasteiger charge is 2.08. The van der Waals surface area contributed by atoms with Crippen LogP contribution >= 0.6 is 0 Å². The summed E-state index contributed by atoms with van der Waals surface area (Å²) in [4.78, 5) is 11.2. The topological polar surface area (TPSA) is 64.9 Å². The molecule has 0 spiro atoms. The van der Waals surface area contributed by atoms with Gasteiger partial charge in [-0.3, -0.25) is 0 Å². The summed E-state index contributed by atoms with van der Waals surface area (Å²) in [6, 6.07) is 1.46. The summed E-state index contributed by atoms with van der Waals surface area (Å²) >= 11 is 0. The van der Waals surface area contributed by atoms with E-state index in [9.17, 15) is 4.79 Å². The monoisotopic (exact) mass is 197 g/mol. The quantitative estimate of drug-likeness (QED) is 0.637. The zero-order chi connectivity index (χ0) is 10.8. The van der Waals surface area contributed by atoms with Crippen LogP contribution < -0.4 is 10.6 Å². The Bertz CT molecular complexity index is 198. The molecule has 4 nitrogen and oxygen atoms in total. The molecule has 0 aromatic carbocycles. The van der Waals surface area contributed by atoms with Crippen LogP contribution in [0.15, 0.2) is 0 Å². The fraction of sp³-hybridized carbons (Fsp3) is 0.800. The van der Waals surface area contributed by atoms with Crippen molar-refractivity contribution < 1.29 is 4.79 Å². The Labute approximate surface area is 85.7 Å². The van der Waals surface area contributed by atoms with Crippen molar-refractivity contribution in [3.8, 4) is 6.07 Å². The molecule has 14 heavy (non-hydrogen) atoms. The highest BCUT2D eigenvalue weighted by Crippen LogP contribution is 1.94. The van der Waals surface area contributed by atoms with Gasteiger partial charge in [0, 0.05) is 6.54 Å². The molecule has 4 heteroatoms. The summed E-state index contributed by atoms with van der Waals surface area (Å²) in [7, 11) is 0. The molecule has 2 amide bonds. The highest BCUT2D eigenvalue weighted by molar-refractivity contribution is 5.74. The van der Waals surface area contributed by atoms with Crippen LogP contribution in [0.1, 0.15) is 39.5 Å². The number of unbranched alkanes of at least 4 members (excludes halogenated alkanes) is 1. The minimum absolute atomic E-state index is 0.238. The predicted molar refractivity (Wildman–Crippen MR) is 55.8 cm³/mol. The Kier molecular flexibility index (Phi) is 7.62. The molecule has 0 heterocycles. The Morgan fingerprint density at radius 1 is 1.43 bits per heavy atom. The van der Waals surface area contributed by atoms with E-state index in [-0.39, 0.29) is 12.1 Å². The van der Waals surface area contributed by atoms with E-state index >= 15 is 0 Å². The van der Waals surface area contributed by atoms with Crippen LogP contribution in [0, 0.1) is 11.3 Å². The van der Waals surface area contributed by atoms with Gasteiger partial charge in [0.1, 0.15) is 6.04 Å².